The summed E-state index contributed by atoms with van der Waals surface area (Å²) in [5.74, 6) is 0. The summed E-state index contributed by atoms with van der Waals surface area (Å²) in [5.41, 5.74) is 0.734. The van der Waals surface area contributed by atoms with Crippen molar-refractivity contribution in [2.45, 2.75) is 23.8 Å². The molecule has 2 aromatic rings. The summed E-state index contributed by atoms with van der Waals surface area (Å²) in [5, 5.41) is 3.29. The van der Waals surface area contributed by atoms with Gasteiger partial charge < -0.3 is 5.32 Å². The summed E-state index contributed by atoms with van der Waals surface area (Å²) in [6, 6.07) is 18.1. The number of rotatable bonds is 4. The van der Waals surface area contributed by atoms with Gasteiger partial charge in [-0.3, -0.25) is 4.31 Å². The van der Waals surface area contributed by atoms with E-state index in [1.54, 1.807) is 28.6 Å². The van der Waals surface area contributed by atoms with Gasteiger partial charge in [0, 0.05) is 6.04 Å². The van der Waals surface area contributed by atoms with E-state index < -0.39 is 10.0 Å². The summed E-state index contributed by atoms with van der Waals surface area (Å²) in [4.78, 5) is 0.345. The molecule has 0 saturated carbocycles. The van der Waals surface area contributed by atoms with E-state index in [1.165, 1.54) is 0 Å². The lowest BCUT2D eigenvalue weighted by atomic mass is 10.1. The minimum Gasteiger partial charge on any atom is -0.317 e. The minimum atomic E-state index is -3.55. The topological polar surface area (TPSA) is 49.4 Å². The number of nitrogens with zero attached hydrogens (tertiary/aromatic N) is 1. The molecule has 2 aromatic carbocycles. The van der Waals surface area contributed by atoms with Crippen LogP contribution in [0.3, 0.4) is 0 Å². The van der Waals surface area contributed by atoms with Gasteiger partial charge in [-0.1, -0.05) is 36.4 Å². The molecule has 0 aromatic heterocycles. The summed E-state index contributed by atoms with van der Waals surface area (Å²) < 4.78 is 27.9. The van der Waals surface area contributed by atoms with Crippen molar-refractivity contribution in [3.8, 4) is 0 Å². The Balaban J connectivity index is 2.05. The van der Waals surface area contributed by atoms with E-state index in [-0.39, 0.29) is 6.04 Å². The quantitative estimate of drug-likeness (QED) is 0.943. The molecule has 0 spiro atoms. The third-order valence-electron chi connectivity index (χ3n) is 3.95. The molecule has 1 heterocycles. The molecule has 4 nitrogen and oxygen atoms in total. The van der Waals surface area contributed by atoms with Crippen molar-refractivity contribution >= 4 is 15.7 Å². The first-order valence-electron chi connectivity index (χ1n) is 7.55. The van der Waals surface area contributed by atoms with Crippen LogP contribution in [0.1, 0.15) is 12.8 Å². The number of hydrogen-bond donors (Lipinski definition) is 1. The summed E-state index contributed by atoms with van der Waals surface area (Å²) in [6.45, 7) is 1.69. The van der Waals surface area contributed by atoms with Crippen LogP contribution < -0.4 is 9.62 Å². The highest BCUT2D eigenvalue weighted by molar-refractivity contribution is 7.92. The summed E-state index contributed by atoms with van der Waals surface area (Å²) >= 11 is 0. The molecule has 0 bridgehead atoms. The minimum absolute atomic E-state index is 0.00569. The number of anilines is 1. The van der Waals surface area contributed by atoms with Gasteiger partial charge in [-0.25, -0.2) is 8.42 Å². The Morgan fingerprint density at radius 1 is 0.864 bits per heavy atom. The molecule has 1 N–H and O–H groups in total. The Hall–Kier alpha value is -1.85. The first-order chi connectivity index (χ1) is 10.7. The third kappa shape index (κ3) is 3.00. The van der Waals surface area contributed by atoms with Gasteiger partial charge in [-0.2, -0.15) is 0 Å². The lowest BCUT2D eigenvalue weighted by molar-refractivity contribution is 0.453. The van der Waals surface area contributed by atoms with E-state index in [1.807, 2.05) is 36.4 Å². The van der Waals surface area contributed by atoms with Gasteiger partial charge in [0.15, 0.2) is 0 Å². The van der Waals surface area contributed by atoms with Crippen LogP contribution in [0.15, 0.2) is 65.6 Å². The molecule has 0 unspecified atom stereocenters. The van der Waals surface area contributed by atoms with Crippen molar-refractivity contribution in [2.24, 2.45) is 0 Å². The van der Waals surface area contributed by atoms with Crippen LogP contribution in [0, 0.1) is 0 Å². The van der Waals surface area contributed by atoms with Crippen molar-refractivity contribution < 1.29 is 8.42 Å². The lowest BCUT2D eigenvalue weighted by Crippen LogP contribution is -2.46. The molecule has 0 radical (unpaired) electrons. The highest BCUT2D eigenvalue weighted by Crippen LogP contribution is 2.29. The molecule has 3 rings (SSSR count). The van der Waals surface area contributed by atoms with Gasteiger partial charge in [0.05, 0.1) is 10.6 Å². The molecule has 5 heteroatoms. The fourth-order valence-corrected chi connectivity index (χ4v) is 4.60. The molecule has 1 saturated heterocycles. The molecule has 116 valence electrons. The zero-order valence-electron chi connectivity index (χ0n) is 12.4. The third-order valence-corrected chi connectivity index (χ3v) is 5.85. The average molecular weight is 316 g/mol. The van der Waals surface area contributed by atoms with Crippen LogP contribution in [0.2, 0.25) is 0 Å². The second-order valence-corrected chi connectivity index (χ2v) is 7.25. The molecular formula is C17H20N2O2S. The van der Waals surface area contributed by atoms with Crippen molar-refractivity contribution in [1.29, 1.82) is 0 Å². The SMILES string of the molecule is O=S(=O)(c1ccccc1)N(c1ccccc1)C1CCNCC1. The highest BCUT2D eigenvalue weighted by atomic mass is 32.2. The van der Waals surface area contributed by atoms with Crippen LogP contribution >= 0.6 is 0 Å². The van der Waals surface area contributed by atoms with Crippen molar-refractivity contribution in [3.05, 3.63) is 60.7 Å². The fraction of sp³-hybridized carbons (Fsp3) is 0.294. The van der Waals surface area contributed by atoms with Crippen LogP contribution in [-0.4, -0.2) is 27.5 Å². The van der Waals surface area contributed by atoms with E-state index in [0.29, 0.717) is 4.90 Å². The Kier molecular flexibility index (Phi) is 4.45. The molecular weight excluding hydrogens is 296 g/mol. The van der Waals surface area contributed by atoms with Crippen LogP contribution in [0.4, 0.5) is 5.69 Å². The van der Waals surface area contributed by atoms with E-state index in [2.05, 4.69) is 5.32 Å². The summed E-state index contributed by atoms with van der Waals surface area (Å²) in [7, 11) is -3.55. The number of sulfonamides is 1. The van der Waals surface area contributed by atoms with Gasteiger partial charge in [0.2, 0.25) is 0 Å². The number of piperidine rings is 1. The Morgan fingerprint density at radius 3 is 2.00 bits per heavy atom. The Bertz CT molecular complexity index is 696. The monoisotopic (exact) mass is 316 g/mol. The number of benzene rings is 2. The molecule has 0 amide bonds. The predicted octanol–water partition coefficient (Wildman–Crippen LogP) is 2.63. The van der Waals surface area contributed by atoms with Gasteiger partial charge in [0.25, 0.3) is 10.0 Å². The molecule has 1 fully saturated rings. The Labute approximate surface area is 131 Å². The van der Waals surface area contributed by atoms with E-state index >= 15 is 0 Å². The smallest absolute Gasteiger partial charge is 0.264 e. The summed E-state index contributed by atoms with van der Waals surface area (Å²) in [6.07, 6.45) is 1.64. The van der Waals surface area contributed by atoms with Gasteiger partial charge in [0.1, 0.15) is 0 Å². The second kappa shape index (κ2) is 6.50. The van der Waals surface area contributed by atoms with Gasteiger partial charge in [-0.05, 0) is 50.2 Å². The van der Waals surface area contributed by atoms with Crippen LogP contribution in [0.25, 0.3) is 0 Å². The van der Waals surface area contributed by atoms with Crippen molar-refractivity contribution in [1.82, 2.24) is 5.32 Å². The van der Waals surface area contributed by atoms with Gasteiger partial charge in [-0.15, -0.1) is 0 Å². The number of hydrogen-bond acceptors (Lipinski definition) is 3. The fourth-order valence-electron chi connectivity index (χ4n) is 2.87. The maximum Gasteiger partial charge on any atom is 0.264 e. The number of para-hydroxylation sites is 1. The maximum atomic E-state index is 13.1. The highest BCUT2D eigenvalue weighted by Gasteiger charge is 2.32. The standard InChI is InChI=1S/C17H20N2O2S/c20-22(21,17-9-5-2-6-10-17)19(15-7-3-1-4-8-15)16-11-13-18-14-12-16/h1-10,16,18H,11-14H2. The van der Waals surface area contributed by atoms with Crippen molar-refractivity contribution in [3.63, 3.8) is 0 Å². The average Bonchev–Trinajstić information content (AvgIpc) is 2.58. The lowest BCUT2D eigenvalue weighted by Gasteiger charge is -2.35. The molecule has 0 aliphatic carbocycles. The Morgan fingerprint density at radius 2 is 1.41 bits per heavy atom. The predicted molar refractivity (Wildman–Crippen MR) is 88.4 cm³/mol. The first-order valence-corrected chi connectivity index (χ1v) is 8.99. The molecule has 22 heavy (non-hydrogen) atoms. The van der Waals surface area contributed by atoms with Gasteiger partial charge >= 0.3 is 0 Å². The zero-order chi connectivity index (χ0) is 15.4. The zero-order valence-corrected chi connectivity index (χ0v) is 13.2. The van der Waals surface area contributed by atoms with E-state index in [4.69, 9.17) is 0 Å². The molecule has 0 atom stereocenters. The molecule has 1 aliphatic rings. The normalized spacial score (nSPS) is 16.4. The van der Waals surface area contributed by atoms with Crippen LogP contribution in [-0.2, 0) is 10.0 Å². The number of nitrogens with one attached hydrogen (secondary N) is 1. The maximum absolute atomic E-state index is 13.1. The largest absolute Gasteiger partial charge is 0.317 e. The van der Waals surface area contributed by atoms with Crippen LogP contribution in [0.5, 0.6) is 0 Å². The molecule has 1 aliphatic heterocycles. The van der Waals surface area contributed by atoms with Crippen molar-refractivity contribution in [2.75, 3.05) is 17.4 Å². The van der Waals surface area contributed by atoms with E-state index in [0.717, 1.165) is 31.6 Å². The van der Waals surface area contributed by atoms with E-state index in [9.17, 15) is 8.42 Å². The first kappa shape index (κ1) is 15.1. The second-order valence-electron chi connectivity index (χ2n) is 5.43.